The topological polar surface area (TPSA) is 70.3 Å². The molecule has 0 saturated heterocycles. The molecule has 0 aromatic rings. The lowest BCUT2D eigenvalue weighted by molar-refractivity contribution is -0.0437. The lowest BCUT2D eigenvalue weighted by atomic mass is 11.6. The number of hydrogen-bond donors (Lipinski definition) is 1. The molecule has 0 aromatic carbocycles. The maximum absolute atomic E-state index is 11.0. The van der Waals surface area contributed by atoms with Crippen molar-refractivity contribution in [1.82, 2.24) is 0 Å². The zero-order valence-electron chi connectivity index (χ0n) is 3.81. The third-order valence-electron chi connectivity index (χ3n) is 0.413. The van der Waals surface area contributed by atoms with E-state index >= 15 is 0 Å². The summed E-state index contributed by atoms with van der Waals surface area (Å²) in [6, 6.07) is 0. The molecule has 9 heavy (non-hydrogen) atoms. The number of halogens is 3. The van der Waals surface area contributed by atoms with Crippen LogP contribution >= 0.6 is 0 Å². The quantitative estimate of drug-likeness (QED) is 0.581. The van der Waals surface area contributed by atoms with E-state index in [1.807, 2.05) is 0 Å². The van der Waals surface area contributed by atoms with Gasteiger partial charge in [0.1, 0.15) is 0 Å². The predicted molar refractivity (Wildman–Crippen MR) is 20.1 cm³/mol. The Bertz CT molecular complexity index is 202. The van der Waals surface area contributed by atoms with E-state index in [0.29, 0.717) is 0 Å². The number of hydrogen-bond acceptors (Lipinski definition) is 3. The van der Waals surface area contributed by atoms with Crippen LogP contribution in [-0.4, -0.2) is 13.9 Å². The number of alkyl halides is 3. The summed E-state index contributed by atoms with van der Waals surface area (Å²) < 4.78 is 53.6. The van der Waals surface area contributed by atoms with Gasteiger partial charge in [-0.15, -0.1) is 0 Å². The van der Waals surface area contributed by atoms with Gasteiger partial charge in [-0.05, 0) is 0 Å². The van der Waals surface area contributed by atoms with Crippen molar-refractivity contribution in [3.8, 4) is 0 Å². The first-order chi connectivity index (χ1) is 3.81. The van der Waals surface area contributed by atoms with Crippen molar-refractivity contribution in [3.63, 3.8) is 0 Å². The first-order valence-electron chi connectivity index (χ1n) is 1.51. The molecule has 0 radical (unpaired) electrons. The first kappa shape index (κ1) is 8.34. The van der Waals surface area contributed by atoms with E-state index in [0.717, 1.165) is 0 Å². The lowest BCUT2D eigenvalue weighted by Crippen LogP contribution is -2.19. The summed E-state index contributed by atoms with van der Waals surface area (Å²) in [5.74, 6) is 0. The second-order valence-electron chi connectivity index (χ2n) is 1.01. The molecule has 0 heterocycles. The van der Waals surface area contributed by atoms with Gasteiger partial charge in [-0.3, -0.25) is 0 Å². The first-order valence-corrected chi connectivity index (χ1v) is 2.95. The van der Waals surface area contributed by atoms with Crippen LogP contribution in [0.2, 0.25) is 0 Å². The van der Waals surface area contributed by atoms with Gasteiger partial charge in [-0.2, -0.15) is 27.1 Å². The Morgan fingerprint density at radius 3 is 1.67 bits per heavy atom. The number of sulfonamides is 1. The van der Waals surface area contributed by atoms with Crippen molar-refractivity contribution in [1.29, 1.82) is 5.53 Å². The van der Waals surface area contributed by atoms with Crippen molar-refractivity contribution in [2.45, 2.75) is 5.51 Å². The van der Waals surface area contributed by atoms with E-state index in [1.54, 1.807) is 0 Å². The molecule has 54 valence electrons. The van der Waals surface area contributed by atoms with Gasteiger partial charge in [-0.25, -0.2) is 0 Å². The maximum atomic E-state index is 11.0. The Balaban J connectivity index is 4.79. The molecule has 8 heteroatoms. The molecular weight excluding hydrogens is 161 g/mol. The van der Waals surface area contributed by atoms with Crippen molar-refractivity contribution in [3.05, 3.63) is 0 Å². The highest BCUT2D eigenvalue weighted by atomic mass is 32.2. The van der Waals surface area contributed by atoms with Gasteiger partial charge in [-0.1, -0.05) is 4.52 Å². The summed E-state index contributed by atoms with van der Waals surface area (Å²) in [5, 5.41) is 0. The Morgan fingerprint density at radius 2 is 1.67 bits per heavy atom. The van der Waals surface area contributed by atoms with Gasteiger partial charge in [0.25, 0.3) is 0 Å². The van der Waals surface area contributed by atoms with E-state index in [9.17, 15) is 21.6 Å². The van der Waals surface area contributed by atoms with Crippen molar-refractivity contribution >= 4 is 10.0 Å². The number of rotatable bonds is 1. The average molecular weight is 162 g/mol. The number of nitrogens with one attached hydrogen (secondary N) is 1. The Hall–Kier alpha value is -0.660. The third-order valence-corrected chi connectivity index (χ3v) is 1.24. The minimum Gasteiger partial charge on any atom is -0.193 e. The smallest absolute Gasteiger partial charge is 0.193 e. The van der Waals surface area contributed by atoms with Gasteiger partial charge >= 0.3 is 15.5 Å². The minimum absolute atomic E-state index is 1.39. The third kappa shape index (κ3) is 1.63. The van der Waals surface area contributed by atoms with Crippen molar-refractivity contribution in [2.24, 2.45) is 4.52 Å². The number of nitrogens with zero attached hydrogens (tertiary/aromatic N) is 1. The summed E-state index contributed by atoms with van der Waals surface area (Å²) in [4.78, 5) is 0. The summed E-state index contributed by atoms with van der Waals surface area (Å²) in [5.41, 5.74) is 0.142. The normalized spacial score (nSPS) is 13.2. The fourth-order valence-corrected chi connectivity index (χ4v) is 0.155. The Morgan fingerprint density at radius 1 is 1.33 bits per heavy atom. The van der Waals surface area contributed by atoms with E-state index in [4.69, 9.17) is 5.53 Å². The molecule has 1 N–H and O–H groups in total. The zero-order valence-corrected chi connectivity index (χ0v) is 4.62. The van der Waals surface area contributed by atoms with Crippen molar-refractivity contribution < 1.29 is 21.6 Å². The van der Waals surface area contributed by atoms with Crippen LogP contribution in [0.25, 0.3) is 0 Å². The van der Waals surface area contributed by atoms with Crippen LogP contribution in [0.4, 0.5) is 13.2 Å². The molecule has 0 amide bonds. The highest BCUT2D eigenvalue weighted by Crippen LogP contribution is 2.23. The van der Waals surface area contributed by atoms with Crippen LogP contribution in [0, 0.1) is 5.53 Å². The summed E-state index contributed by atoms with van der Waals surface area (Å²) in [6.07, 6.45) is 0. The standard InChI is InChI=1S/CHF3N2O2S/c2-1(3,4)9(7,8)6-5/h5H. The molecule has 0 unspecified atom stereocenters. The molecule has 0 aromatic heterocycles. The molecule has 4 nitrogen and oxygen atoms in total. The molecule has 0 aliphatic carbocycles. The fraction of sp³-hybridized carbons (Fsp3) is 1.00. The van der Waals surface area contributed by atoms with Gasteiger partial charge in [0.15, 0.2) is 0 Å². The van der Waals surface area contributed by atoms with E-state index in [-0.39, 0.29) is 0 Å². The predicted octanol–water partition coefficient (Wildman–Crippen LogP) is 0.867. The van der Waals surface area contributed by atoms with E-state index in [2.05, 4.69) is 0 Å². The summed E-state index contributed by atoms with van der Waals surface area (Å²) in [7, 11) is -5.54. The zero-order chi connectivity index (χ0) is 7.71. The molecule has 0 spiro atoms. The second kappa shape index (κ2) is 1.94. The monoisotopic (exact) mass is 162 g/mol. The van der Waals surface area contributed by atoms with Crippen LogP contribution in [0.15, 0.2) is 4.52 Å². The molecule has 0 rings (SSSR count). The highest BCUT2D eigenvalue weighted by molar-refractivity contribution is 7.90. The minimum atomic E-state index is -5.54. The molecule has 0 saturated carbocycles. The molecule has 0 bridgehead atoms. The van der Waals surface area contributed by atoms with Crippen LogP contribution < -0.4 is 0 Å². The molecule has 0 aliphatic rings. The lowest BCUT2D eigenvalue weighted by Gasteiger charge is -1.98. The summed E-state index contributed by atoms with van der Waals surface area (Å²) >= 11 is 0. The van der Waals surface area contributed by atoms with Crippen LogP contribution in [0.1, 0.15) is 0 Å². The largest absolute Gasteiger partial charge is 0.520 e. The summed E-state index contributed by atoms with van der Waals surface area (Å²) in [6.45, 7) is 0. The average Bonchev–Trinajstić information content (AvgIpc) is 1.64. The molecular formula is CHF3N2O2S. The second-order valence-corrected chi connectivity index (χ2v) is 2.61. The van der Waals surface area contributed by atoms with Crippen LogP contribution in [-0.2, 0) is 10.0 Å². The Labute approximate surface area is 48.2 Å². The molecule has 0 aliphatic heterocycles. The SMILES string of the molecule is N=NS(=O)(=O)C(F)(F)F. The maximum Gasteiger partial charge on any atom is 0.520 e. The van der Waals surface area contributed by atoms with Gasteiger partial charge in [0.2, 0.25) is 0 Å². The van der Waals surface area contributed by atoms with Crippen molar-refractivity contribution in [2.75, 3.05) is 0 Å². The van der Waals surface area contributed by atoms with E-state index < -0.39 is 15.5 Å². The van der Waals surface area contributed by atoms with E-state index in [1.165, 1.54) is 4.52 Å². The van der Waals surface area contributed by atoms with Crippen LogP contribution in [0.5, 0.6) is 0 Å². The van der Waals surface area contributed by atoms with Gasteiger partial charge < -0.3 is 0 Å². The molecule has 0 atom stereocenters. The van der Waals surface area contributed by atoms with Crippen LogP contribution in [0.3, 0.4) is 0 Å². The molecule has 0 fully saturated rings. The fourth-order valence-electron chi connectivity index (χ4n) is 0.0518. The van der Waals surface area contributed by atoms with Gasteiger partial charge in [0.05, 0.1) is 0 Å². The Kier molecular flexibility index (Phi) is 1.80. The highest BCUT2D eigenvalue weighted by Gasteiger charge is 2.46. The van der Waals surface area contributed by atoms with Gasteiger partial charge in [0, 0.05) is 0 Å².